The Morgan fingerprint density at radius 1 is 1.35 bits per heavy atom. The summed E-state index contributed by atoms with van der Waals surface area (Å²) in [5.41, 5.74) is 5.44. The summed E-state index contributed by atoms with van der Waals surface area (Å²) in [5.74, 6) is 0.364. The van der Waals surface area contributed by atoms with Crippen LogP contribution in [0.15, 0.2) is 0 Å². The molecule has 31 heavy (non-hydrogen) atoms. The molecule has 0 radical (unpaired) electrons. The minimum atomic E-state index is -0.545. The zero-order valence-corrected chi connectivity index (χ0v) is 19.7. The average molecular weight is 457 g/mol. The third-order valence-electron chi connectivity index (χ3n) is 8.74. The summed E-state index contributed by atoms with van der Waals surface area (Å²) in [7, 11) is 0. The normalized spacial score (nSPS) is 45.7. The molecular formula is C22H40N4O4S. The molecule has 0 spiro atoms. The fourth-order valence-corrected chi connectivity index (χ4v) is 8.13. The maximum absolute atomic E-state index is 13.0. The largest absolute Gasteiger partial charge is 0.396 e. The highest BCUT2D eigenvalue weighted by Crippen LogP contribution is 2.62. The average Bonchev–Trinajstić information content (AvgIpc) is 3.13. The number of hydrogen-bond donors (Lipinski definition) is 5. The van der Waals surface area contributed by atoms with Gasteiger partial charge in [-0.2, -0.15) is 0 Å². The lowest BCUT2D eigenvalue weighted by Crippen LogP contribution is -2.64. The summed E-state index contributed by atoms with van der Waals surface area (Å²) in [5, 5.41) is 28.0. The van der Waals surface area contributed by atoms with Crippen LogP contribution >= 0.6 is 11.8 Å². The van der Waals surface area contributed by atoms with Crippen LogP contribution in [0.4, 0.5) is 0 Å². The number of hydrogen-bond acceptors (Lipinski definition) is 8. The highest BCUT2D eigenvalue weighted by molar-refractivity contribution is 8.00. The Morgan fingerprint density at radius 3 is 2.81 bits per heavy atom. The van der Waals surface area contributed by atoms with Crippen molar-refractivity contribution in [2.45, 2.75) is 62.4 Å². The third kappa shape index (κ3) is 4.52. The van der Waals surface area contributed by atoms with E-state index in [9.17, 15) is 15.0 Å². The standard InChI is InChI=1S/C22H40N4O4S/c1-21-4-3-17(28)22(2,13-27)16(21)12-15-19(25-20(23)31-15)14(21)11-18(29)24-5-6-26-7-9-30-10-8-26/h14-17,19-20,25,27-28H,3-13,23H2,1-2H3,(H,24,29)/t14-,15?,16+,17-,19?,20?,21+,22+/m1/s1. The molecule has 2 saturated heterocycles. The zero-order chi connectivity index (χ0) is 22.2. The Morgan fingerprint density at radius 2 is 2.10 bits per heavy atom. The molecule has 3 unspecified atom stereocenters. The maximum Gasteiger partial charge on any atom is 0.220 e. The minimum Gasteiger partial charge on any atom is -0.396 e. The van der Waals surface area contributed by atoms with Crippen LogP contribution in [0.5, 0.6) is 0 Å². The summed E-state index contributed by atoms with van der Waals surface area (Å²) >= 11 is 1.74. The van der Waals surface area contributed by atoms with Gasteiger partial charge in [0.25, 0.3) is 0 Å². The molecule has 4 aliphatic rings. The van der Waals surface area contributed by atoms with Crippen molar-refractivity contribution in [1.82, 2.24) is 15.5 Å². The van der Waals surface area contributed by atoms with E-state index in [-0.39, 0.29) is 41.3 Å². The van der Waals surface area contributed by atoms with Crippen LogP contribution < -0.4 is 16.4 Å². The van der Waals surface area contributed by atoms with Gasteiger partial charge in [-0.05, 0) is 36.5 Å². The van der Waals surface area contributed by atoms with E-state index in [2.05, 4.69) is 22.5 Å². The predicted octanol–water partition coefficient (Wildman–Crippen LogP) is -0.0635. The molecule has 8 atom stereocenters. The lowest BCUT2D eigenvalue weighted by molar-refractivity contribution is -0.167. The predicted molar refractivity (Wildman–Crippen MR) is 121 cm³/mol. The number of rotatable bonds is 6. The van der Waals surface area contributed by atoms with E-state index >= 15 is 0 Å². The lowest BCUT2D eigenvalue weighted by atomic mass is 9.46. The minimum absolute atomic E-state index is 0.0333. The van der Waals surface area contributed by atoms with E-state index in [1.807, 2.05) is 6.92 Å². The molecule has 2 saturated carbocycles. The number of morpholine rings is 1. The molecule has 0 aromatic carbocycles. The molecule has 0 aromatic heterocycles. The monoisotopic (exact) mass is 456 g/mol. The van der Waals surface area contributed by atoms with Gasteiger partial charge in [0, 0.05) is 49.3 Å². The number of amides is 1. The number of carbonyl (C=O) groups excluding carboxylic acids is 1. The van der Waals surface area contributed by atoms with E-state index in [4.69, 9.17) is 10.5 Å². The van der Waals surface area contributed by atoms with Gasteiger partial charge in [0.2, 0.25) is 5.91 Å². The molecular weight excluding hydrogens is 416 g/mol. The van der Waals surface area contributed by atoms with Crippen LogP contribution in [-0.2, 0) is 9.53 Å². The first kappa shape index (κ1) is 23.7. The van der Waals surface area contributed by atoms with Crippen molar-refractivity contribution < 1.29 is 19.7 Å². The van der Waals surface area contributed by atoms with Crippen molar-refractivity contribution in [2.75, 3.05) is 46.0 Å². The summed E-state index contributed by atoms with van der Waals surface area (Å²) < 4.78 is 5.39. The molecule has 0 bridgehead atoms. The maximum atomic E-state index is 13.0. The number of aliphatic hydroxyl groups excluding tert-OH is 2. The number of ether oxygens (including phenoxy) is 1. The molecule has 2 heterocycles. The number of nitrogens with one attached hydrogen (secondary N) is 2. The van der Waals surface area contributed by atoms with Crippen molar-refractivity contribution in [3.8, 4) is 0 Å². The van der Waals surface area contributed by atoms with Gasteiger partial charge in [0.15, 0.2) is 0 Å². The Kier molecular flexibility index (Phi) is 7.23. The summed E-state index contributed by atoms with van der Waals surface area (Å²) in [4.78, 5) is 15.3. The molecule has 4 fully saturated rings. The van der Waals surface area contributed by atoms with Crippen molar-refractivity contribution in [2.24, 2.45) is 28.4 Å². The summed E-state index contributed by atoms with van der Waals surface area (Å²) in [6.07, 6.45) is 2.38. The van der Waals surface area contributed by atoms with Crippen LogP contribution in [0.2, 0.25) is 0 Å². The Hall–Kier alpha value is -0.420. The molecule has 0 aromatic rings. The number of carbonyl (C=O) groups is 1. The second-order valence-corrected chi connectivity index (χ2v) is 11.8. The Bertz CT molecular complexity index is 651. The topological polar surface area (TPSA) is 120 Å². The molecule has 8 nitrogen and oxygen atoms in total. The first-order valence-electron chi connectivity index (χ1n) is 11.8. The second-order valence-electron chi connectivity index (χ2n) is 10.4. The van der Waals surface area contributed by atoms with Crippen LogP contribution in [0.25, 0.3) is 0 Å². The molecule has 6 N–H and O–H groups in total. The van der Waals surface area contributed by atoms with Gasteiger partial charge >= 0.3 is 0 Å². The second kappa shape index (κ2) is 9.44. The zero-order valence-electron chi connectivity index (χ0n) is 18.9. The lowest BCUT2D eigenvalue weighted by Gasteiger charge is -2.61. The van der Waals surface area contributed by atoms with E-state index in [1.54, 1.807) is 11.8 Å². The first-order valence-corrected chi connectivity index (χ1v) is 12.7. The van der Waals surface area contributed by atoms with Crippen LogP contribution in [-0.4, -0.2) is 89.9 Å². The van der Waals surface area contributed by atoms with Gasteiger partial charge in [-0.25, -0.2) is 0 Å². The van der Waals surface area contributed by atoms with E-state index < -0.39 is 11.5 Å². The number of aliphatic hydroxyl groups is 2. The Labute approximate surface area is 190 Å². The molecule has 1 amide bonds. The highest BCUT2D eigenvalue weighted by atomic mass is 32.2. The van der Waals surface area contributed by atoms with Crippen molar-refractivity contribution in [1.29, 1.82) is 0 Å². The van der Waals surface area contributed by atoms with E-state index in [0.717, 1.165) is 45.7 Å². The van der Waals surface area contributed by atoms with Gasteiger partial charge in [0.05, 0.1) is 25.9 Å². The highest BCUT2D eigenvalue weighted by Gasteiger charge is 2.62. The van der Waals surface area contributed by atoms with Crippen molar-refractivity contribution in [3.63, 3.8) is 0 Å². The number of nitrogens with two attached hydrogens (primary N) is 1. The van der Waals surface area contributed by atoms with Crippen LogP contribution in [0.3, 0.4) is 0 Å². The summed E-state index contributed by atoms with van der Waals surface area (Å²) in [6, 6.07) is 0.185. The molecule has 178 valence electrons. The molecule has 2 aliphatic heterocycles. The van der Waals surface area contributed by atoms with E-state index in [1.165, 1.54) is 0 Å². The number of nitrogens with zero attached hydrogens (tertiary/aromatic N) is 1. The molecule has 4 rings (SSSR count). The van der Waals surface area contributed by atoms with Crippen molar-refractivity contribution >= 4 is 17.7 Å². The number of thioether (sulfide) groups is 1. The van der Waals surface area contributed by atoms with Gasteiger partial charge in [-0.15, -0.1) is 11.8 Å². The van der Waals surface area contributed by atoms with Gasteiger partial charge < -0.3 is 26.0 Å². The summed E-state index contributed by atoms with van der Waals surface area (Å²) in [6.45, 7) is 9.12. The number of fused-ring (bicyclic) bond motifs is 2. The third-order valence-corrected chi connectivity index (χ3v) is 10.0. The SMILES string of the molecule is C[C@]1(CO)[C@H]2CC3SC(N)NC3[C@@H](CC(=O)NCCN3CCOCC3)[C@]2(C)CC[C@H]1O. The van der Waals surface area contributed by atoms with Gasteiger partial charge in [0.1, 0.15) is 5.50 Å². The fraction of sp³-hybridized carbons (Fsp3) is 0.955. The van der Waals surface area contributed by atoms with Crippen LogP contribution in [0.1, 0.15) is 39.5 Å². The fourth-order valence-electron chi connectivity index (χ4n) is 6.77. The smallest absolute Gasteiger partial charge is 0.220 e. The molecule has 9 heteroatoms. The van der Waals surface area contributed by atoms with Crippen LogP contribution in [0, 0.1) is 22.7 Å². The van der Waals surface area contributed by atoms with Gasteiger partial charge in [-0.3, -0.25) is 15.0 Å². The first-order chi connectivity index (χ1) is 14.8. The van der Waals surface area contributed by atoms with Crippen molar-refractivity contribution in [3.05, 3.63) is 0 Å². The Balaban J connectivity index is 1.46. The quantitative estimate of drug-likeness (QED) is 0.377. The van der Waals surface area contributed by atoms with E-state index in [0.29, 0.717) is 24.6 Å². The molecule has 2 aliphatic carbocycles. The van der Waals surface area contributed by atoms with Gasteiger partial charge in [-0.1, -0.05) is 13.8 Å².